The summed E-state index contributed by atoms with van der Waals surface area (Å²) in [5, 5.41) is 6.06. The number of anilines is 2. The Hall–Kier alpha value is -2.95. The number of hydrogen-bond donors (Lipinski definition) is 2. The summed E-state index contributed by atoms with van der Waals surface area (Å²) >= 11 is 0. The molecule has 1 amide bonds. The molecule has 5 heteroatoms. The van der Waals surface area contributed by atoms with E-state index in [9.17, 15) is 4.79 Å². The molecule has 2 aromatic rings. The van der Waals surface area contributed by atoms with Crippen LogP contribution in [0.4, 0.5) is 11.4 Å². The van der Waals surface area contributed by atoms with E-state index in [0.717, 1.165) is 16.9 Å². The van der Waals surface area contributed by atoms with Crippen molar-refractivity contribution in [1.82, 2.24) is 0 Å². The van der Waals surface area contributed by atoms with Crippen LogP contribution < -0.4 is 20.1 Å². The van der Waals surface area contributed by atoms with Crippen molar-refractivity contribution in [3.63, 3.8) is 0 Å². The van der Waals surface area contributed by atoms with E-state index < -0.39 is 0 Å². The van der Waals surface area contributed by atoms with Gasteiger partial charge in [0.15, 0.2) is 11.5 Å². The van der Waals surface area contributed by atoms with Crippen molar-refractivity contribution < 1.29 is 14.3 Å². The average Bonchev–Trinajstić information content (AvgIpc) is 2.61. The zero-order valence-electron chi connectivity index (χ0n) is 14.0. The number of benzene rings is 2. The summed E-state index contributed by atoms with van der Waals surface area (Å²) in [4.78, 5) is 12.2. The van der Waals surface area contributed by atoms with Gasteiger partial charge in [-0.05, 0) is 42.0 Å². The van der Waals surface area contributed by atoms with Crippen LogP contribution in [0.5, 0.6) is 11.5 Å². The largest absolute Gasteiger partial charge is 0.493 e. The summed E-state index contributed by atoms with van der Waals surface area (Å²) in [7, 11) is 3.15. The van der Waals surface area contributed by atoms with Crippen molar-refractivity contribution in [2.24, 2.45) is 0 Å². The fourth-order valence-corrected chi connectivity index (χ4v) is 2.24. The first kappa shape index (κ1) is 17.4. The summed E-state index contributed by atoms with van der Waals surface area (Å²) in [5.74, 6) is 1.17. The average molecular weight is 326 g/mol. The summed E-state index contributed by atoms with van der Waals surface area (Å²) in [5.41, 5.74) is 2.59. The van der Waals surface area contributed by atoms with Gasteiger partial charge in [-0.2, -0.15) is 0 Å². The minimum atomic E-state index is -0.0889. The van der Waals surface area contributed by atoms with Crippen molar-refractivity contribution in [2.45, 2.75) is 6.42 Å². The molecule has 0 radical (unpaired) electrons. The van der Waals surface area contributed by atoms with E-state index in [1.54, 1.807) is 32.4 Å². The lowest BCUT2D eigenvalue weighted by atomic mass is 10.1. The fraction of sp³-hybridized carbons (Fsp3) is 0.211. The normalized spacial score (nSPS) is 9.92. The van der Waals surface area contributed by atoms with Gasteiger partial charge in [0.2, 0.25) is 5.91 Å². The Morgan fingerprint density at radius 1 is 1.04 bits per heavy atom. The molecular formula is C19H22N2O3. The Morgan fingerprint density at radius 2 is 1.71 bits per heavy atom. The third kappa shape index (κ3) is 4.78. The highest BCUT2D eigenvalue weighted by molar-refractivity contribution is 5.92. The van der Waals surface area contributed by atoms with E-state index in [1.165, 1.54) is 0 Å². The van der Waals surface area contributed by atoms with Crippen LogP contribution in [0.2, 0.25) is 0 Å². The van der Waals surface area contributed by atoms with Crippen LogP contribution in [0.25, 0.3) is 0 Å². The minimum absolute atomic E-state index is 0.0889. The van der Waals surface area contributed by atoms with Gasteiger partial charge >= 0.3 is 0 Å². The molecule has 5 nitrogen and oxygen atoms in total. The molecule has 2 rings (SSSR count). The van der Waals surface area contributed by atoms with Crippen LogP contribution in [0.15, 0.2) is 55.1 Å². The lowest BCUT2D eigenvalue weighted by molar-refractivity contribution is -0.115. The van der Waals surface area contributed by atoms with Crippen LogP contribution >= 0.6 is 0 Å². The second-order valence-electron chi connectivity index (χ2n) is 5.16. The van der Waals surface area contributed by atoms with Gasteiger partial charge in [0.05, 0.1) is 20.6 Å². The molecule has 0 aliphatic heterocycles. The maximum atomic E-state index is 12.2. The Labute approximate surface area is 142 Å². The molecule has 0 spiro atoms. The van der Waals surface area contributed by atoms with Crippen molar-refractivity contribution >= 4 is 17.3 Å². The second kappa shape index (κ2) is 8.62. The Balaban J connectivity index is 1.96. The molecule has 0 aliphatic carbocycles. The molecule has 126 valence electrons. The van der Waals surface area contributed by atoms with Crippen molar-refractivity contribution in [3.05, 3.63) is 60.7 Å². The Bertz CT molecular complexity index is 696. The van der Waals surface area contributed by atoms with Crippen molar-refractivity contribution in [1.29, 1.82) is 0 Å². The zero-order valence-corrected chi connectivity index (χ0v) is 14.0. The predicted octanol–water partition coefficient (Wildman–Crippen LogP) is 3.48. The molecule has 2 N–H and O–H groups in total. The number of ether oxygens (including phenoxy) is 2. The van der Waals surface area contributed by atoms with Gasteiger partial charge in [0, 0.05) is 17.9 Å². The molecule has 0 bridgehead atoms. The predicted molar refractivity (Wildman–Crippen MR) is 97.0 cm³/mol. The number of carbonyl (C=O) groups excluding carboxylic acids is 1. The zero-order chi connectivity index (χ0) is 17.4. The smallest absolute Gasteiger partial charge is 0.228 e. The number of hydrogen-bond acceptors (Lipinski definition) is 4. The highest BCUT2D eigenvalue weighted by atomic mass is 16.5. The van der Waals surface area contributed by atoms with Crippen LogP contribution in [0, 0.1) is 0 Å². The Kier molecular flexibility index (Phi) is 6.25. The van der Waals surface area contributed by atoms with Gasteiger partial charge in [-0.15, -0.1) is 6.58 Å². The van der Waals surface area contributed by atoms with E-state index >= 15 is 0 Å². The van der Waals surface area contributed by atoms with Crippen LogP contribution in [0.1, 0.15) is 5.56 Å². The van der Waals surface area contributed by atoms with Crippen LogP contribution in [-0.2, 0) is 11.2 Å². The summed E-state index contributed by atoms with van der Waals surface area (Å²) in [6.45, 7) is 4.36. The maximum Gasteiger partial charge on any atom is 0.228 e. The number of nitrogens with one attached hydrogen (secondary N) is 2. The van der Waals surface area contributed by atoms with Gasteiger partial charge < -0.3 is 20.1 Å². The minimum Gasteiger partial charge on any atom is -0.493 e. The van der Waals surface area contributed by atoms with Gasteiger partial charge in [-0.3, -0.25) is 4.79 Å². The molecule has 0 atom stereocenters. The van der Waals surface area contributed by atoms with Gasteiger partial charge in [-0.1, -0.05) is 12.1 Å². The fourth-order valence-electron chi connectivity index (χ4n) is 2.24. The van der Waals surface area contributed by atoms with E-state index in [0.29, 0.717) is 18.0 Å². The molecule has 0 aromatic heterocycles. The molecular weight excluding hydrogens is 304 g/mol. The molecule has 24 heavy (non-hydrogen) atoms. The first-order chi connectivity index (χ1) is 11.7. The van der Waals surface area contributed by atoms with Gasteiger partial charge in [0.25, 0.3) is 0 Å². The van der Waals surface area contributed by atoms with E-state index in [2.05, 4.69) is 17.2 Å². The molecule has 2 aromatic carbocycles. The Morgan fingerprint density at radius 3 is 2.33 bits per heavy atom. The van der Waals surface area contributed by atoms with Crippen molar-refractivity contribution in [2.75, 3.05) is 31.4 Å². The summed E-state index contributed by atoms with van der Waals surface area (Å²) in [6.07, 6.45) is 2.05. The lowest BCUT2D eigenvalue weighted by Crippen LogP contribution is -2.14. The lowest BCUT2D eigenvalue weighted by Gasteiger charge is -2.10. The summed E-state index contributed by atoms with van der Waals surface area (Å²) in [6, 6.07) is 13.0. The number of carbonyl (C=O) groups is 1. The van der Waals surface area contributed by atoms with E-state index in [4.69, 9.17) is 9.47 Å². The van der Waals surface area contributed by atoms with Gasteiger partial charge in [0.1, 0.15) is 0 Å². The molecule has 0 aliphatic rings. The number of methoxy groups -OCH3 is 2. The van der Waals surface area contributed by atoms with E-state index in [1.807, 2.05) is 30.3 Å². The SMILES string of the molecule is C=CCNc1ccc(NC(=O)Cc2ccc(OC)c(OC)c2)cc1. The second-order valence-corrected chi connectivity index (χ2v) is 5.16. The molecule has 0 saturated carbocycles. The van der Waals surface area contributed by atoms with Crippen molar-refractivity contribution in [3.8, 4) is 11.5 Å². The third-order valence-corrected chi connectivity index (χ3v) is 3.43. The first-order valence-corrected chi connectivity index (χ1v) is 7.62. The van der Waals surface area contributed by atoms with Gasteiger partial charge in [-0.25, -0.2) is 0 Å². The molecule has 0 fully saturated rings. The number of amides is 1. The molecule has 0 saturated heterocycles. The topological polar surface area (TPSA) is 59.6 Å². The highest BCUT2D eigenvalue weighted by Gasteiger charge is 2.08. The highest BCUT2D eigenvalue weighted by Crippen LogP contribution is 2.27. The monoisotopic (exact) mass is 326 g/mol. The van der Waals surface area contributed by atoms with Crippen LogP contribution in [0.3, 0.4) is 0 Å². The molecule has 0 unspecified atom stereocenters. The molecule has 0 heterocycles. The summed E-state index contributed by atoms with van der Waals surface area (Å²) < 4.78 is 10.4. The first-order valence-electron chi connectivity index (χ1n) is 7.62. The van der Waals surface area contributed by atoms with Crippen LogP contribution in [-0.4, -0.2) is 26.7 Å². The standard InChI is InChI=1S/C19H22N2O3/c1-4-11-20-15-6-8-16(9-7-15)21-19(22)13-14-5-10-17(23-2)18(12-14)24-3/h4-10,12,20H,1,11,13H2,2-3H3,(H,21,22). The maximum absolute atomic E-state index is 12.2. The third-order valence-electron chi connectivity index (χ3n) is 3.43. The number of rotatable bonds is 8. The quantitative estimate of drug-likeness (QED) is 0.729. The van der Waals surface area contributed by atoms with E-state index in [-0.39, 0.29) is 12.3 Å².